The number of nitrogens with zero attached hydrogens (tertiary/aromatic N) is 3. The molecule has 1 aromatic carbocycles. The molecule has 1 atom stereocenters. The summed E-state index contributed by atoms with van der Waals surface area (Å²) in [6, 6.07) is 10.7. The van der Waals surface area contributed by atoms with Crippen molar-refractivity contribution in [2.24, 2.45) is 0 Å². The van der Waals surface area contributed by atoms with Crippen LogP contribution >= 0.6 is 0 Å². The molecule has 0 saturated carbocycles. The summed E-state index contributed by atoms with van der Waals surface area (Å²) in [5.74, 6) is 0.0327. The van der Waals surface area contributed by atoms with Gasteiger partial charge in [0.15, 0.2) is 0 Å². The van der Waals surface area contributed by atoms with Crippen LogP contribution in [-0.2, 0) is 27.2 Å². The predicted molar refractivity (Wildman–Crippen MR) is 120 cm³/mol. The largest absolute Gasteiger partial charge is 0.331 e. The van der Waals surface area contributed by atoms with Crippen LogP contribution in [0.25, 0.3) is 0 Å². The van der Waals surface area contributed by atoms with Crippen LogP contribution in [0.1, 0.15) is 25.0 Å². The van der Waals surface area contributed by atoms with Gasteiger partial charge in [0.05, 0.1) is 19.0 Å². The number of likely N-dealkylation sites (N-methyl/N-ethyl adjacent to an activating group) is 1. The summed E-state index contributed by atoms with van der Waals surface area (Å²) in [4.78, 5) is 45.0. The monoisotopic (exact) mass is 423 g/mol. The molecule has 2 aromatic rings. The molecule has 8 heteroatoms. The maximum absolute atomic E-state index is 12.5. The summed E-state index contributed by atoms with van der Waals surface area (Å²) in [6.45, 7) is 5.15. The summed E-state index contributed by atoms with van der Waals surface area (Å²) in [5.41, 5.74) is 2.49. The highest BCUT2D eigenvalue weighted by Gasteiger charge is 2.30. The second kappa shape index (κ2) is 10.2. The number of hydrogen-bond donors (Lipinski definition) is 2. The number of benzene rings is 1. The first-order chi connectivity index (χ1) is 14.9. The number of pyridine rings is 1. The molecule has 1 aliphatic heterocycles. The molecule has 164 valence electrons. The molecule has 0 radical (unpaired) electrons. The fourth-order valence-corrected chi connectivity index (χ4v) is 3.58. The average molecular weight is 424 g/mol. The van der Waals surface area contributed by atoms with Crippen LogP contribution in [0.5, 0.6) is 0 Å². The second-order valence-corrected chi connectivity index (χ2v) is 7.74. The normalized spacial score (nSPS) is 16.8. The second-order valence-electron chi connectivity index (χ2n) is 7.74. The first-order valence-electron chi connectivity index (χ1n) is 10.5. The number of carbonyl (C=O) groups is 3. The molecule has 8 nitrogen and oxygen atoms in total. The molecule has 31 heavy (non-hydrogen) atoms. The molecule has 1 unspecified atom stereocenters. The molecule has 3 amide bonds. The van der Waals surface area contributed by atoms with Crippen molar-refractivity contribution in [3.8, 4) is 0 Å². The van der Waals surface area contributed by atoms with Crippen molar-refractivity contribution in [1.29, 1.82) is 0 Å². The van der Waals surface area contributed by atoms with Crippen LogP contribution < -0.4 is 10.6 Å². The molecular weight excluding hydrogens is 394 g/mol. The molecule has 0 bridgehead atoms. The maximum atomic E-state index is 12.5. The van der Waals surface area contributed by atoms with Gasteiger partial charge < -0.3 is 15.5 Å². The summed E-state index contributed by atoms with van der Waals surface area (Å²) in [6.07, 6.45) is 2.57. The van der Waals surface area contributed by atoms with Gasteiger partial charge in [-0.25, -0.2) is 4.98 Å². The zero-order chi connectivity index (χ0) is 22.4. The number of amides is 3. The third-order valence-corrected chi connectivity index (χ3v) is 5.54. The van der Waals surface area contributed by atoms with Gasteiger partial charge in [0.2, 0.25) is 17.7 Å². The highest BCUT2D eigenvalue weighted by molar-refractivity contribution is 5.96. The van der Waals surface area contributed by atoms with Crippen molar-refractivity contribution in [2.45, 2.75) is 32.7 Å². The van der Waals surface area contributed by atoms with Crippen LogP contribution in [0, 0.1) is 0 Å². The van der Waals surface area contributed by atoms with Crippen LogP contribution in [-0.4, -0.2) is 65.2 Å². The van der Waals surface area contributed by atoms with Crippen molar-refractivity contribution in [1.82, 2.24) is 14.8 Å². The molecule has 3 rings (SSSR count). The Morgan fingerprint density at radius 2 is 1.90 bits per heavy atom. The summed E-state index contributed by atoms with van der Waals surface area (Å²) in [7, 11) is 1.90. The molecule has 2 N–H and O–H groups in total. The fourth-order valence-electron chi connectivity index (χ4n) is 3.58. The SMILES string of the molecule is CCc1ccc(NC(=O)CN2CCN(C)C(C)C2=O)cc1CC(=O)Nc1ccccn1. The van der Waals surface area contributed by atoms with Gasteiger partial charge in [-0.3, -0.25) is 19.3 Å². The number of piperazine rings is 1. The number of anilines is 2. The van der Waals surface area contributed by atoms with E-state index >= 15 is 0 Å². The number of carbonyl (C=O) groups excluding carboxylic acids is 3. The van der Waals surface area contributed by atoms with Crippen molar-refractivity contribution < 1.29 is 14.4 Å². The minimum Gasteiger partial charge on any atom is -0.331 e. The van der Waals surface area contributed by atoms with Gasteiger partial charge >= 0.3 is 0 Å². The van der Waals surface area contributed by atoms with E-state index in [1.165, 1.54) is 0 Å². The topological polar surface area (TPSA) is 94.6 Å². The number of aryl methyl sites for hydroxylation is 1. The molecule has 1 aliphatic rings. The molecule has 1 aromatic heterocycles. The quantitative estimate of drug-likeness (QED) is 0.710. The number of aromatic nitrogens is 1. The smallest absolute Gasteiger partial charge is 0.243 e. The van der Waals surface area contributed by atoms with Crippen LogP contribution in [0.2, 0.25) is 0 Å². The van der Waals surface area contributed by atoms with Gasteiger partial charge in [0, 0.05) is 25.0 Å². The Kier molecular flexibility index (Phi) is 7.36. The van der Waals surface area contributed by atoms with E-state index in [0.717, 1.165) is 24.1 Å². The maximum Gasteiger partial charge on any atom is 0.243 e. The highest BCUT2D eigenvalue weighted by Crippen LogP contribution is 2.18. The van der Waals surface area contributed by atoms with E-state index in [1.807, 2.05) is 50.1 Å². The molecular formula is C23H29N5O3. The number of rotatable bonds is 7. The van der Waals surface area contributed by atoms with Gasteiger partial charge in [0.25, 0.3) is 0 Å². The average Bonchev–Trinajstić information content (AvgIpc) is 2.75. The minimum absolute atomic E-state index is 0.0159. The van der Waals surface area contributed by atoms with Crippen LogP contribution in [0.3, 0.4) is 0 Å². The summed E-state index contributed by atoms with van der Waals surface area (Å²) >= 11 is 0. The zero-order valence-corrected chi connectivity index (χ0v) is 18.2. The molecule has 0 aliphatic carbocycles. The van der Waals surface area contributed by atoms with Crippen molar-refractivity contribution in [2.75, 3.05) is 37.3 Å². The summed E-state index contributed by atoms with van der Waals surface area (Å²) in [5, 5.41) is 5.64. The first kappa shape index (κ1) is 22.4. The lowest BCUT2D eigenvalue weighted by Crippen LogP contribution is -2.55. The zero-order valence-electron chi connectivity index (χ0n) is 18.2. The Hall–Kier alpha value is -3.26. The van der Waals surface area contributed by atoms with Gasteiger partial charge in [-0.1, -0.05) is 19.1 Å². The van der Waals surface area contributed by atoms with E-state index < -0.39 is 0 Å². The standard InChI is InChI=1S/C23H29N5O3/c1-4-17-8-9-19(13-18(17)14-21(29)26-20-7-5-6-10-24-20)25-22(30)15-28-12-11-27(3)16(2)23(28)31/h5-10,13,16H,4,11-12,14-15H2,1-3H3,(H,25,30)(H,24,26,29). The van der Waals surface area contributed by atoms with Gasteiger partial charge in [-0.2, -0.15) is 0 Å². The Balaban J connectivity index is 1.63. The Labute approximate surface area is 182 Å². The van der Waals surface area contributed by atoms with Crippen molar-refractivity contribution >= 4 is 29.2 Å². The van der Waals surface area contributed by atoms with Crippen LogP contribution in [0.4, 0.5) is 11.5 Å². The molecule has 1 fully saturated rings. The highest BCUT2D eigenvalue weighted by atomic mass is 16.2. The van der Waals surface area contributed by atoms with E-state index in [-0.39, 0.29) is 36.7 Å². The molecule has 0 spiro atoms. The lowest BCUT2D eigenvalue weighted by atomic mass is 10.0. The lowest BCUT2D eigenvalue weighted by Gasteiger charge is -2.36. The van der Waals surface area contributed by atoms with Crippen LogP contribution in [0.15, 0.2) is 42.6 Å². The first-order valence-corrected chi connectivity index (χ1v) is 10.5. The molecule has 2 heterocycles. The van der Waals surface area contributed by atoms with E-state index in [9.17, 15) is 14.4 Å². The Morgan fingerprint density at radius 1 is 1.10 bits per heavy atom. The van der Waals surface area contributed by atoms with E-state index in [4.69, 9.17) is 0 Å². The van der Waals surface area contributed by atoms with Crippen molar-refractivity contribution in [3.63, 3.8) is 0 Å². The predicted octanol–water partition coefficient (Wildman–Crippen LogP) is 1.93. The number of nitrogens with one attached hydrogen (secondary N) is 2. The number of hydrogen-bond acceptors (Lipinski definition) is 5. The van der Waals surface area contributed by atoms with E-state index in [0.29, 0.717) is 18.1 Å². The fraction of sp³-hybridized carbons (Fsp3) is 0.391. The lowest BCUT2D eigenvalue weighted by molar-refractivity contribution is -0.142. The summed E-state index contributed by atoms with van der Waals surface area (Å²) < 4.78 is 0. The van der Waals surface area contributed by atoms with E-state index in [2.05, 4.69) is 15.6 Å². The van der Waals surface area contributed by atoms with Crippen molar-refractivity contribution in [3.05, 3.63) is 53.7 Å². The third-order valence-electron chi connectivity index (χ3n) is 5.54. The Bertz CT molecular complexity index is 947. The molecule has 1 saturated heterocycles. The van der Waals surface area contributed by atoms with Gasteiger partial charge in [-0.05, 0) is 55.8 Å². The van der Waals surface area contributed by atoms with Gasteiger partial charge in [0.1, 0.15) is 5.82 Å². The van der Waals surface area contributed by atoms with E-state index in [1.54, 1.807) is 23.2 Å². The minimum atomic E-state index is -0.252. The Morgan fingerprint density at radius 3 is 2.61 bits per heavy atom. The third kappa shape index (κ3) is 5.88. The van der Waals surface area contributed by atoms with Gasteiger partial charge in [-0.15, -0.1) is 0 Å².